The first-order valence-corrected chi connectivity index (χ1v) is 15.3. The Labute approximate surface area is 248 Å². The fraction of sp³-hybridized carbons (Fsp3) is 0.424. The minimum atomic E-state index is -0.952. The van der Waals surface area contributed by atoms with Crippen molar-refractivity contribution in [3.63, 3.8) is 0 Å². The van der Waals surface area contributed by atoms with Crippen LogP contribution in [0.4, 0.5) is 10.5 Å². The number of rotatable bonds is 9. The van der Waals surface area contributed by atoms with E-state index in [0.717, 1.165) is 16.3 Å². The van der Waals surface area contributed by atoms with Crippen LogP contribution in [-0.2, 0) is 14.3 Å². The molecule has 3 aromatic rings. The average Bonchev–Trinajstić information content (AvgIpc) is 2.88. The minimum absolute atomic E-state index is 0.340. The molecule has 0 heterocycles. The number of nitrogens with zero attached hydrogens (tertiary/aromatic N) is 1. The van der Waals surface area contributed by atoms with E-state index in [0.29, 0.717) is 23.4 Å². The maximum absolute atomic E-state index is 14.4. The van der Waals surface area contributed by atoms with Crippen molar-refractivity contribution in [2.45, 2.75) is 78.1 Å². The van der Waals surface area contributed by atoms with Gasteiger partial charge in [-0.05, 0) is 95.4 Å². The number of nitrogens with one attached hydrogen (secondary N) is 2. The summed E-state index contributed by atoms with van der Waals surface area (Å²) in [5.74, 6) is -0.0483. The van der Waals surface area contributed by atoms with Gasteiger partial charge in [0.1, 0.15) is 17.7 Å². The Morgan fingerprint density at radius 3 is 2.12 bits per heavy atom. The number of carbonyl (C=O) groups is 3. The summed E-state index contributed by atoms with van der Waals surface area (Å²) < 4.78 is 5.48. The molecule has 3 aromatic carbocycles. The van der Waals surface area contributed by atoms with Gasteiger partial charge >= 0.3 is 6.09 Å². The second-order valence-corrected chi connectivity index (χ2v) is 13.2. The van der Waals surface area contributed by atoms with E-state index < -0.39 is 29.3 Å². The standard InChI is InChI=1S/C33H43N3O4S/c1-22-13-15-24(16-14-22)28(29(37)34-26-18-17-23-11-9-10-12-25(23)21-26)36(32(2,3)4)30(38)27(19-20-41-8)35-31(39)40-33(5,6)7/h9-18,21,27-28H,19-20H2,1-8H3,(H,34,37)(H,35,39). The molecule has 0 aromatic heterocycles. The summed E-state index contributed by atoms with van der Waals surface area (Å²) in [6, 6.07) is 19.5. The molecule has 220 valence electrons. The SMILES string of the molecule is CSCCC(NC(=O)OC(C)(C)C)C(=O)N(C(C(=O)Nc1ccc2ccccc2c1)c1ccc(C)cc1)C(C)(C)C. The zero-order chi connectivity index (χ0) is 30.4. The molecule has 0 saturated heterocycles. The number of anilines is 1. The number of hydrogen-bond donors (Lipinski definition) is 2. The summed E-state index contributed by atoms with van der Waals surface area (Å²) in [6.45, 7) is 13.0. The van der Waals surface area contributed by atoms with Gasteiger partial charge in [-0.25, -0.2) is 4.79 Å². The largest absolute Gasteiger partial charge is 0.444 e. The maximum atomic E-state index is 14.4. The van der Waals surface area contributed by atoms with Crippen LogP contribution in [0, 0.1) is 6.92 Å². The molecule has 0 fully saturated rings. The van der Waals surface area contributed by atoms with E-state index in [1.54, 1.807) is 37.4 Å². The Morgan fingerprint density at radius 2 is 1.54 bits per heavy atom. The van der Waals surface area contributed by atoms with E-state index in [2.05, 4.69) is 10.6 Å². The summed E-state index contributed by atoms with van der Waals surface area (Å²) in [7, 11) is 0. The van der Waals surface area contributed by atoms with E-state index in [1.165, 1.54) is 0 Å². The molecular weight excluding hydrogens is 534 g/mol. The van der Waals surface area contributed by atoms with Crippen LogP contribution in [0.1, 0.15) is 65.1 Å². The number of ether oxygens (including phenoxy) is 1. The number of benzene rings is 3. The third-order valence-electron chi connectivity index (χ3n) is 6.48. The Bertz CT molecular complexity index is 1360. The van der Waals surface area contributed by atoms with E-state index in [4.69, 9.17) is 4.74 Å². The highest BCUT2D eigenvalue weighted by Crippen LogP contribution is 2.32. The van der Waals surface area contributed by atoms with Crippen LogP contribution in [0.25, 0.3) is 10.8 Å². The van der Waals surface area contributed by atoms with E-state index in [-0.39, 0.29) is 11.8 Å². The molecule has 2 atom stereocenters. The first-order chi connectivity index (χ1) is 19.2. The highest BCUT2D eigenvalue weighted by Gasteiger charge is 2.41. The Morgan fingerprint density at radius 1 is 0.902 bits per heavy atom. The molecule has 0 aliphatic heterocycles. The van der Waals surface area contributed by atoms with E-state index >= 15 is 0 Å². The molecule has 3 amide bonds. The van der Waals surface area contributed by atoms with Gasteiger partial charge in [-0.2, -0.15) is 11.8 Å². The third kappa shape index (κ3) is 8.98. The summed E-state index contributed by atoms with van der Waals surface area (Å²) in [6.07, 6.45) is 1.67. The zero-order valence-electron chi connectivity index (χ0n) is 25.4. The molecule has 2 unspecified atom stereocenters. The second-order valence-electron chi connectivity index (χ2n) is 12.2. The monoisotopic (exact) mass is 577 g/mol. The van der Waals surface area contributed by atoms with Crippen LogP contribution in [0.3, 0.4) is 0 Å². The van der Waals surface area contributed by atoms with Crippen molar-refractivity contribution < 1.29 is 19.1 Å². The van der Waals surface area contributed by atoms with Crippen LogP contribution in [0.5, 0.6) is 0 Å². The van der Waals surface area contributed by atoms with E-state index in [1.807, 2.05) is 101 Å². The van der Waals surface area contributed by atoms with Gasteiger partial charge in [0.15, 0.2) is 0 Å². The molecule has 7 nitrogen and oxygen atoms in total. The molecule has 41 heavy (non-hydrogen) atoms. The van der Waals surface area contributed by atoms with Gasteiger partial charge in [0.05, 0.1) is 0 Å². The van der Waals surface area contributed by atoms with Gasteiger partial charge in [0, 0.05) is 11.2 Å². The van der Waals surface area contributed by atoms with Crippen LogP contribution >= 0.6 is 11.8 Å². The van der Waals surface area contributed by atoms with Crippen LogP contribution in [0.2, 0.25) is 0 Å². The highest BCUT2D eigenvalue weighted by atomic mass is 32.2. The van der Waals surface area contributed by atoms with Gasteiger partial charge in [-0.3, -0.25) is 9.59 Å². The molecule has 3 rings (SSSR count). The zero-order valence-corrected chi connectivity index (χ0v) is 26.2. The molecule has 0 aliphatic rings. The van der Waals surface area contributed by atoms with Gasteiger partial charge in [-0.15, -0.1) is 0 Å². The Hall–Kier alpha value is -3.52. The van der Waals surface area contributed by atoms with Crippen molar-refractivity contribution in [2.75, 3.05) is 17.3 Å². The average molecular weight is 578 g/mol. The quantitative estimate of drug-likeness (QED) is 0.283. The first kappa shape index (κ1) is 32.0. The van der Waals surface area contributed by atoms with Crippen LogP contribution < -0.4 is 10.6 Å². The summed E-state index contributed by atoms with van der Waals surface area (Å²) in [5, 5.41) is 7.91. The normalized spacial score (nSPS) is 13.3. The van der Waals surface area contributed by atoms with Crippen molar-refractivity contribution in [1.82, 2.24) is 10.2 Å². The minimum Gasteiger partial charge on any atom is -0.444 e. The van der Waals surface area contributed by atoms with Crippen molar-refractivity contribution in [2.24, 2.45) is 0 Å². The number of carbonyl (C=O) groups excluding carboxylic acids is 3. The summed E-state index contributed by atoms with van der Waals surface area (Å²) in [4.78, 5) is 42.9. The van der Waals surface area contributed by atoms with Crippen molar-refractivity contribution in [3.05, 3.63) is 77.9 Å². The predicted molar refractivity (Wildman–Crippen MR) is 169 cm³/mol. The lowest BCUT2D eigenvalue weighted by molar-refractivity contribution is -0.146. The molecule has 2 N–H and O–H groups in total. The molecule has 0 aliphatic carbocycles. The Balaban J connectivity index is 2.04. The summed E-state index contributed by atoms with van der Waals surface area (Å²) >= 11 is 1.58. The van der Waals surface area contributed by atoms with Gasteiger partial charge in [0.25, 0.3) is 5.91 Å². The van der Waals surface area contributed by atoms with Gasteiger partial charge in [0.2, 0.25) is 5.91 Å². The fourth-order valence-corrected chi connectivity index (χ4v) is 5.07. The predicted octanol–water partition coefficient (Wildman–Crippen LogP) is 7.10. The molecule has 8 heteroatoms. The number of aryl methyl sites for hydroxylation is 1. The smallest absolute Gasteiger partial charge is 0.408 e. The van der Waals surface area contributed by atoms with E-state index in [9.17, 15) is 14.4 Å². The molecule has 0 radical (unpaired) electrons. The lowest BCUT2D eigenvalue weighted by Crippen LogP contribution is -2.58. The first-order valence-electron chi connectivity index (χ1n) is 13.9. The van der Waals surface area contributed by atoms with Crippen LogP contribution in [0.15, 0.2) is 66.7 Å². The third-order valence-corrected chi connectivity index (χ3v) is 7.12. The molecular formula is C33H43N3O4S. The molecule has 0 bridgehead atoms. The lowest BCUT2D eigenvalue weighted by Gasteiger charge is -2.43. The molecule has 0 spiro atoms. The van der Waals surface area contributed by atoms with Gasteiger partial charge < -0.3 is 20.3 Å². The topological polar surface area (TPSA) is 87.7 Å². The molecule has 0 saturated carbocycles. The fourth-order valence-electron chi connectivity index (χ4n) is 4.60. The van der Waals surface area contributed by atoms with Crippen molar-refractivity contribution in [3.8, 4) is 0 Å². The second kappa shape index (κ2) is 13.4. The number of hydrogen-bond acceptors (Lipinski definition) is 5. The van der Waals surface area contributed by atoms with Gasteiger partial charge in [-0.1, -0.05) is 60.2 Å². The number of amides is 3. The number of alkyl carbamates (subject to hydrolysis) is 1. The lowest BCUT2D eigenvalue weighted by atomic mass is 9.94. The Kier molecular flexibility index (Phi) is 10.5. The van der Waals surface area contributed by atoms with Crippen molar-refractivity contribution in [1.29, 1.82) is 0 Å². The number of fused-ring (bicyclic) bond motifs is 1. The number of thioether (sulfide) groups is 1. The van der Waals surface area contributed by atoms with Crippen LogP contribution in [-0.4, -0.2) is 52.0 Å². The summed E-state index contributed by atoms with van der Waals surface area (Å²) in [5.41, 5.74) is 0.877. The van der Waals surface area contributed by atoms with Crippen molar-refractivity contribution >= 4 is 46.1 Å². The highest BCUT2D eigenvalue weighted by molar-refractivity contribution is 7.98. The maximum Gasteiger partial charge on any atom is 0.408 e.